The number of amides is 1. The van der Waals surface area contributed by atoms with E-state index >= 15 is 0 Å². The summed E-state index contributed by atoms with van der Waals surface area (Å²) in [7, 11) is 1.56. The molecule has 1 N–H and O–H groups in total. The average molecular weight is 413 g/mol. The molecule has 0 saturated heterocycles. The lowest BCUT2D eigenvalue weighted by Crippen LogP contribution is -2.13. The third-order valence-electron chi connectivity index (χ3n) is 3.70. The number of hydrogen-bond acceptors (Lipinski definition) is 5. The summed E-state index contributed by atoms with van der Waals surface area (Å²) in [6.45, 7) is 6.10. The number of carbonyl (C=O) groups excluding carboxylic acids is 1. The second-order valence-electron chi connectivity index (χ2n) is 5.72. The van der Waals surface area contributed by atoms with Gasteiger partial charge in [0.25, 0.3) is 5.91 Å². The molecule has 2 aromatic carbocycles. The van der Waals surface area contributed by atoms with E-state index in [1.807, 2.05) is 13.0 Å². The molecule has 6 nitrogen and oxygen atoms in total. The normalized spacial score (nSPS) is 10.6. The van der Waals surface area contributed by atoms with Gasteiger partial charge in [0.05, 0.1) is 18.7 Å². The van der Waals surface area contributed by atoms with Crippen molar-refractivity contribution in [2.45, 2.75) is 6.92 Å². The molecule has 0 bridgehead atoms. The van der Waals surface area contributed by atoms with Gasteiger partial charge in [-0.05, 0) is 55.0 Å². The SMILES string of the molecule is C=CCOc1c(Cl)cc(/C=C(\C#N)C(=O)Nc2ccc(OC)cc2)cc1OCC. The van der Waals surface area contributed by atoms with E-state index in [1.54, 1.807) is 49.6 Å². The number of rotatable bonds is 9. The monoisotopic (exact) mass is 412 g/mol. The van der Waals surface area contributed by atoms with E-state index in [2.05, 4.69) is 11.9 Å². The summed E-state index contributed by atoms with van der Waals surface area (Å²) in [6.07, 6.45) is 3.03. The first-order valence-corrected chi connectivity index (χ1v) is 9.17. The van der Waals surface area contributed by atoms with Crippen LogP contribution >= 0.6 is 11.6 Å². The Bertz CT molecular complexity index is 947. The summed E-state index contributed by atoms with van der Waals surface area (Å²) in [4.78, 5) is 12.5. The fraction of sp³-hybridized carbons (Fsp3) is 0.182. The topological polar surface area (TPSA) is 80.6 Å². The zero-order chi connectivity index (χ0) is 21.2. The Hall–Kier alpha value is -3.43. The maximum atomic E-state index is 12.5. The zero-order valence-corrected chi connectivity index (χ0v) is 17.0. The van der Waals surface area contributed by atoms with Gasteiger partial charge >= 0.3 is 0 Å². The molecule has 150 valence electrons. The number of nitrogens with one attached hydrogen (secondary N) is 1. The summed E-state index contributed by atoms with van der Waals surface area (Å²) in [5, 5.41) is 12.4. The highest BCUT2D eigenvalue weighted by atomic mass is 35.5. The number of nitriles is 1. The summed E-state index contributed by atoms with van der Waals surface area (Å²) in [5.41, 5.74) is 0.989. The molecular formula is C22H21ClN2O4. The largest absolute Gasteiger partial charge is 0.497 e. The molecule has 0 atom stereocenters. The van der Waals surface area contributed by atoms with Crippen molar-refractivity contribution >= 4 is 29.3 Å². The molecule has 0 aliphatic heterocycles. The molecular weight excluding hydrogens is 392 g/mol. The van der Waals surface area contributed by atoms with E-state index < -0.39 is 5.91 Å². The van der Waals surface area contributed by atoms with Crippen LogP contribution in [0.4, 0.5) is 5.69 Å². The van der Waals surface area contributed by atoms with Crippen molar-refractivity contribution in [1.29, 1.82) is 5.26 Å². The van der Waals surface area contributed by atoms with Crippen molar-refractivity contribution in [1.82, 2.24) is 0 Å². The van der Waals surface area contributed by atoms with Crippen LogP contribution in [0.5, 0.6) is 17.2 Å². The predicted molar refractivity (Wildman–Crippen MR) is 114 cm³/mol. The van der Waals surface area contributed by atoms with Crippen LogP contribution in [0, 0.1) is 11.3 Å². The molecule has 2 rings (SSSR count). The van der Waals surface area contributed by atoms with Crippen molar-refractivity contribution in [2.75, 3.05) is 25.6 Å². The average Bonchev–Trinajstić information content (AvgIpc) is 2.72. The van der Waals surface area contributed by atoms with Gasteiger partial charge in [0.15, 0.2) is 11.5 Å². The number of ether oxygens (including phenoxy) is 3. The van der Waals surface area contributed by atoms with Gasteiger partial charge in [-0.25, -0.2) is 0 Å². The Morgan fingerprint density at radius 3 is 2.59 bits per heavy atom. The Morgan fingerprint density at radius 1 is 1.28 bits per heavy atom. The Morgan fingerprint density at radius 2 is 2.00 bits per heavy atom. The number of nitrogens with zero attached hydrogens (tertiary/aromatic N) is 1. The third-order valence-corrected chi connectivity index (χ3v) is 3.98. The molecule has 29 heavy (non-hydrogen) atoms. The van der Waals surface area contributed by atoms with E-state index in [4.69, 9.17) is 25.8 Å². The van der Waals surface area contributed by atoms with Gasteiger partial charge in [-0.3, -0.25) is 4.79 Å². The highest BCUT2D eigenvalue weighted by molar-refractivity contribution is 6.32. The standard InChI is InChI=1S/C22H21ClN2O4/c1-4-10-29-21-19(23)12-15(13-20(21)28-5-2)11-16(14-24)22(26)25-17-6-8-18(27-3)9-7-17/h4,6-9,11-13H,1,5,10H2,2-3H3,(H,25,26)/b16-11+. The highest BCUT2D eigenvalue weighted by Crippen LogP contribution is 2.37. The minimum atomic E-state index is -0.543. The number of halogens is 1. The summed E-state index contributed by atoms with van der Waals surface area (Å²) >= 11 is 6.31. The maximum Gasteiger partial charge on any atom is 0.266 e. The van der Waals surface area contributed by atoms with Gasteiger partial charge in [0, 0.05) is 5.69 Å². The van der Waals surface area contributed by atoms with Crippen LogP contribution in [-0.4, -0.2) is 26.2 Å². The number of carbonyl (C=O) groups is 1. The minimum absolute atomic E-state index is 0.0842. The first-order valence-electron chi connectivity index (χ1n) is 8.79. The van der Waals surface area contributed by atoms with Gasteiger partial charge < -0.3 is 19.5 Å². The molecule has 0 heterocycles. The maximum absolute atomic E-state index is 12.5. The van der Waals surface area contributed by atoms with E-state index in [0.29, 0.717) is 40.1 Å². The van der Waals surface area contributed by atoms with Crippen molar-refractivity contribution in [3.8, 4) is 23.3 Å². The molecule has 1 amide bonds. The molecule has 0 saturated carbocycles. The molecule has 0 aromatic heterocycles. The van der Waals surface area contributed by atoms with E-state index in [-0.39, 0.29) is 12.2 Å². The number of benzene rings is 2. The van der Waals surface area contributed by atoms with Gasteiger partial charge in [-0.15, -0.1) is 0 Å². The van der Waals surface area contributed by atoms with Crippen LogP contribution in [0.25, 0.3) is 6.08 Å². The van der Waals surface area contributed by atoms with E-state index in [1.165, 1.54) is 6.08 Å². The number of methoxy groups -OCH3 is 1. The lowest BCUT2D eigenvalue weighted by atomic mass is 10.1. The van der Waals surface area contributed by atoms with E-state index in [9.17, 15) is 10.1 Å². The van der Waals surface area contributed by atoms with Crippen LogP contribution in [-0.2, 0) is 4.79 Å². The van der Waals surface area contributed by atoms with E-state index in [0.717, 1.165) is 0 Å². The Kier molecular flexibility index (Phi) is 8.13. The quantitative estimate of drug-likeness (QED) is 0.361. The van der Waals surface area contributed by atoms with Crippen molar-refractivity contribution in [2.24, 2.45) is 0 Å². The fourth-order valence-electron chi connectivity index (χ4n) is 2.40. The summed E-state index contributed by atoms with van der Waals surface area (Å²) in [5.74, 6) is 0.919. The van der Waals surface area contributed by atoms with Crippen molar-refractivity contribution in [3.63, 3.8) is 0 Å². The zero-order valence-electron chi connectivity index (χ0n) is 16.2. The highest BCUT2D eigenvalue weighted by Gasteiger charge is 2.14. The number of hydrogen-bond donors (Lipinski definition) is 1. The van der Waals surface area contributed by atoms with Crippen LogP contribution < -0.4 is 19.5 Å². The molecule has 7 heteroatoms. The first kappa shape index (κ1) is 21.9. The summed E-state index contributed by atoms with van der Waals surface area (Å²) < 4.78 is 16.2. The Labute approximate surface area is 175 Å². The first-order chi connectivity index (χ1) is 14.0. The molecule has 0 fully saturated rings. The lowest BCUT2D eigenvalue weighted by molar-refractivity contribution is -0.112. The second kappa shape index (κ2) is 10.8. The molecule has 0 unspecified atom stereocenters. The second-order valence-corrected chi connectivity index (χ2v) is 6.12. The molecule has 2 aromatic rings. The number of anilines is 1. The Balaban J connectivity index is 2.29. The van der Waals surface area contributed by atoms with Crippen LogP contribution in [0.2, 0.25) is 5.02 Å². The van der Waals surface area contributed by atoms with Crippen molar-refractivity contribution in [3.05, 3.63) is 65.2 Å². The smallest absolute Gasteiger partial charge is 0.266 e. The van der Waals surface area contributed by atoms with Crippen LogP contribution in [0.3, 0.4) is 0 Å². The molecule has 0 radical (unpaired) electrons. The molecule has 0 aliphatic rings. The van der Waals surface area contributed by atoms with Crippen molar-refractivity contribution < 1.29 is 19.0 Å². The van der Waals surface area contributed by atoms with Crippen LogP contribution in [0.15, 0.2) is 54.6 Å². The fourth-order valence-corrected chi connectivity index (χ4v) is 2.68. The summed E-state index contributed by atoms with van der Waals surface area (Å²) in [6, 6.07) is 11.9. The van der Waals surface area contributed by atoms with Gasteiger partial charge in [-0.1, -0.05) is 24.3 Å². The van der Waals surface area contributed by atoms with Crippen LogP contribution in [0.1, 0.15) is 12.5 Å². The van der Waals surface area contributed by atoms with Gasteiger partial charge in [-0.2, -0.15) is 5.26 Å². The predicted octanol–water partition coefficient (Wildman–Crippen LogP) is 4.86. The third kappa shape index (κ3) is 6.03. The molecule has 0 spiro atoms. The minimum Gasteiger partial charge on any atom is -0.497 e. The van der Waals surface area contributed by atoms with Gasteiger partial charge in [0.2, 0.25) is 0 Å². The molecule has 0 aliphatic carbocycles. The van der Waals surface area contributed by atoms with Gasteiger partial charge in [0.1, 0.15) is 24.0 Å². The lowest BCUT2D eigenvalue weighted by Gasteiger charge is -2.13.